The molecule has 0 aliphatic heterocycles. The van der Waals surface area contributed by atoms with Crippen molar-refractivity contribution in [3.63, 3.8) is 0 Å². The van der Waals surface area contributed by atoms with E-state index < -0.39 is 11.7 Å². The summed E-state index contributed by atoms with van der Waals surface area (Å²) < 4.78 is 5.10. The number of alkyl carbamates (subject to hydrolysis) is 1. The molecule has 1 heterocycles. The standard InChI is InChI=1S/C12H19ClN4O2/c1-8-7-9(13)17-10(16-8)14-5-6-15-11(18)19-12(2,3)4/h7H,5-6H2,1-4H3,(H,15,18)(H,14,16,17). The van der Waals surface area contributed by atoms with Gasteiger partial charge in [-0.05, 0) is 33.8 Å². The van der Waals surface area contributed by atoms with Gasteiger partial charge < -0.3 is 15.4 Å². The molecule has 7 heteroatoms. The maximum atomic E-state index is 11.4. The van der Waals surface area contributed by atoms with Gasteiger partial charge in [0.15, 0.2) is 0 Å². The Bertz CT molecular complexity index is 426. The highest BCUT2D eigenvalue weighted by atomic mass is 35.5. The number of carbonyl (C=O) groups is 1. The van der Waals surface area contributed by atoms with Crippen molar-refractivity contribution in [2.24, 2.45) is 0 Å². The minimum atomic E-state index is -0.495. The SMILES string of the molecule is Cc1cc(Cl)nc(NCCNC(=O)OC(C)(C)C)n1. The van der Waals surface area contributed by atoms with Crippen molar-refractivity contribution < 1.29 is 9.53 Å². The number of nitrogens with one attached hydrogen (secondary N) is 2. The number of nitrogens with zero attached hydrogens (tertiary/aromatic N) is 2. The van der Waals surface area contributed by atoms with E-state index in [1.807, 2.05) is 27.7 Å². The molecule has 0 bridgehead atoms. The second-order valence-electron chi connectivity index (χ2n) is 5.01. The Hall–Kier alpha value is -1.56. The molecular formula is C12H19ClN4O2. The quantitative estimate of drug-likeness (QED) is 0.656. The molecule has 1 amide bonds. The first-order valence-corrected chi connectivity index (χ1v) is 6.36. The molecule has 1 aromatic heterocycles. The first-order chi connectivity index (χ1) is 8.76. The Balaban J connectivity index is 2.29. The second kappa shape index (κ2) is 6.56. The fraction of sp³-hybridized carbons (Fsp3) is 0.583. The van der Waals surface area contributed by atoms with Crippen molar-refractivity contribution in [1.29, 1.82) is 0 Å². The van der Waals surface area contributed by atoms with E-state index in [1.54, 1.807) is 6.07 Å². The number of aromatic nitrogens is 2. The number of anilines is 1. The number of hydrogen-bond acceptors (Lipinski definition) is 5. The van der Waals surface area contributed by atoms with Crippen LogP contribution in [0.3, 0.4) is 0 Å². The molecule has 0 atom stereocenters. The third kappa shape index (κ3) is 6.81. The molecule has 0 saturated heterocycles. The maximum absolute atomic E-state index is 11.4. The zero-order valence-corrected chi connectivity index (χ0v) is 12.3. The van der Waals surface area contributed by atoms with Crippen LogP contribution < -0.4 is 10.6 Å². The highest BCUT2D eigenvalue weighted by Gasteiger charge is 2.15. The van der Waals surface area contributed by atoms with E-state index in [1.165, 1.54) is 0 Å². The maximum Gasteiger partial charge on any atom is 0.407 e. The summed E-state index contributed by atoms with van der Waals surface area (Å²) in [5, 5.41) is 5.98. The van der Waals surface area contributed by atoms with Crippen LogP contribution in [0.2, 0.25) is 5.15 Å². The van der Waals surface area contributed by atoms with Crippen LogP contribution in [0.25, 0.3) is 0 Å². The van der Waals surface area contributed by atoms with Gasteiger partial charge in [0, 0.05) is 18.8 Å². The number of carbonyl (C=O) groups excluding carboxylic acids is 1. The van der Waals surface area contributed by atoms with E-state index in [0.717, 1.165) is 5.69 Å². The fourth-order valence-electron chi connectivity index (χ4n) is 1.26. The van der Waals surface area contributed by atoms with Gasteiger partial charge in [0.2, 0.25) is 5.95 Å². The van der Waals surface area contributed by atoms with Crippen LogP contribution in [0.4, 0.5) is 10.7 Å². The monoisotopic (exact) mass is 286 g/mol. The van der Waals surface area contributed by atoms with E-state index in [-0.39, 0.29) is 0 Å². The number of aryl methyl sites for hydroxylation is 1. The summed E-state index contributed by atoms with van der Waals surface area (Å²) in [6, 6.07) is 1.67. The average molecular weight is 287 g/mol. The van der Waals surface area contributed by atoms with Gasteiger partial charge >= 0.3 is 6.09 Å². The topological polar surface area (TPSA) is 76.1 Å². The minimum Gasteiger partial charge on any atom is -0.444 e. The van der Waals surface area contributed by atoms with Gasteiger partial charge in [0.05, 0.1) is 0 Å². The van der Waals surface area contributed by atoms with Gasteiger partial charge in [-0.25, -0.2) is 14.8 Å². The van der Waals surface area contributed by atoms with E-state index in [0.29, 0.717) is 24.2 Å². The van der Waals surface area contributed by atoms with Crippen molar-refractivity contribution in [2.75, 3.05) is 18.4 Å². The molecule has 1 aromatic rings. The summed E-state index contributed by atoms with van der Waals surface area (Å²) in [5.74, 6) is 0.441. The third-order valence-electron chi connectivity index (χ3n) is 1.90. The lowest BCUT2D eigenvalue weighted by Gasteiger charge is -2.19. The largest absolute Gasteiger partial charge is 0.444 e. The first kappa shape index (κ1) is 15.5. The lowest BCUT2D eigenvalue weighted by molar-refractivity contribution is 0.0530. The second-order valence-corrected chi connectivity index (χ2v) is 5.40. The average Bonchev–Trinajstić information content (AvgIpc) is 2.20. The number of amides is 1. The van der Waals surface area contributed by atoms with Crippen molar-refractivity contribution in [3.05, 3.63) is 16.9 Å². The zero-order chi connectivity index (χ0) is 14.5. The van der Waals surface area contributed by atoms with Gasteiger partial charge in [0.25, 0.3) is 0 Å². The van der Waals surface area contributed by atoms with Gasteiger partial charge in [-0.3, -0.25) is 0 Å². The molecule has 6 nitrogen and oxygen atoms in total. The van der Waals surface area contributed by atoms with E-state index in [2.05, 4.69) is 20.6 Å². The van der Waals surface area contributed by atoms with Gasteiger partial charge in [0.1, 0.15) is 10.8 Å². The molecule has 2 N–H and O–H groups in total. The van der Waals surface area contributed by atoms with Crippen molar-refractivity contribution >= 4 is 23.6 Å². The summed E-state index contributed by atoms with van der Waals surface area (Å²) in [7, 11) is 0. The Morgan fingerprint density at radius 3 is 2.63 bits per heavy atom. The predicted octanol–water partition coefficient (Wildman–Crippen LogP) is 2.38. The fourth-order valence-corrected chi connectivity index (χ4v) is 1.50. The normalized spacial score (nSPS) is 11.0. The summed E-state index contributed by atoms with van der Waals surface area (Å²) in [6.45, 7) is 8.16. The van der Waals surface area contributed by atoms with E-state index in [4.69, 9.17) is 16.3 Å². The number of ether oxygens (including phenoxy) is 1. The first-order valence-electron chi connectivity index (χ1n) is 5.98. The number of rotatable bonds is 4. The van der Waals surface area contributed by atoms with Crippen LogP contribution in [0.5, 0.6) is 0 Å². The summed E-state index contributed by atoms with van der Waals surface area (Å²) in [5.41, 5.74) is 0.285. The van der Waals surface area contributed by atoms with Crippen LogP contribution in [0.15, 0.2) is 6.07 Å². The molecule has 0 aliphatic carbocycles. The molecule has 106 valence electrons. The number of hydrogen-bond donors (Lipinski definition) is 2. The molecule has 0 spiro atoms. The van der Waals surface area contributed by atoms with Gasteiger partial charge in [-0.2, -0.15) is 0 Å². The molecular weight excluding hydrogens is 268 g/mol. The van der Waals surface area contributed by atoms with Crippen LogP contribution in [-0.2, 0) is 4.74 Å². The lowest BCUT2D eigenvalue weighted by Crippen LogP contribution is -2.35. The highest BCUT2D eigenvalue weighted by molar-refractivity contribution is 6.29. The summed E-state index contributed by atoms with van der Waals surface area (Å²) in [4.78, 5) is 19.5. The van der Waals surface area contributed by atoms with Crippen LogP contribution >= 0.6 is 11.6 Å². The molecule has 0 aromatic carbocycles. The van der Waals surface area contributed by atoms with Crippen LogP contribution in [0.1, 0.15) is 26.5 Å². The molecule has 0 fully saturated rings. The van der Waals surface area contributed by atoms with Crippen molar-refractivity contribution in [1.82, 2.24) is 15.3 Å². The van der Waals surface area contributed by atoms with Gasteiger partial charge in [-0.15, -0.1) is 0 Å². The van der Waals surface area contributed by atoms with Crippen molar-refractivity contribution in [2.45, 2.75) is 33.3 Å². The highest BCUT2D eigenvalue weighted by Crippen LogP contribution is 2.09. The van der Waals surface area contributed by atoms with E-state index >= 15 is 0 Å². The minimum absolute atomic E-state index is 0.384. The Labute approximate surface area is 117 Å². The summed E-state index contributed by atoms with van der Waals surface area (Å²) in [6.07, 6.45) is -0.447. The molecule has 1 rings (SSSR count). The Morgan fingerprint density at radius 1 is 1.37 bits per heavy atom. The van der Waals surface area contributed by atoms with Crippen LogP contribution in [-0.4, -0.2) is 34.8 Å². The van der Waals surface area contributed by atoms with Gasteiger partial charge in [-0.1, -0.05) is 11.6 Å². The predicted molar refractivity (Wildman–Crippen MR) is 74.5 cm³/mol. The molecule has 0 unspecified atom stereocenters. The molecule has 0 saturated carbocycles. The molecule has 0 aliphatic rings. The smallest absolute Gasteiger partial charge is 0.407 e. The number of halogens is 1. The third-order valence-corrected chi connectivity index (χ3v) is 2.09. The zero-order valence-electron chi connectivity index (χ0n) is 11.6. The Morgan fingerprint density at radius 2 is 2.05 bits per heavy atom. The lowest BCUT2D eigenvalue weighted by atomic mass is 10.2. The van der Waals surface area contributed by atoms with Crippen molar-refractivity contribution in [3.8, 4) is 0 Å². The van der Waals surface area contributed by atoms with Crippen LogP contribution in [0, 0.1) is 6.92 Å². The van der Waals surface area contributed by atoms with E-state index in [9.17, 15) is 4.79 Å². The summed E-state index contributed by atoms with van der Waals surface area (Å²) >= 11 is 5.81. The molecule has 0 radical (unpaired) electrons. The molecule has 19 heavy (non-hydrogen) atoms. The Kier molecular flexibility index (Phi) is 5.35.